The Kier molecular flexibility index (Phi) is 6.80. The van der Waals surface area contributed by atoms with E-state index in [2.05, 4.69) is 59.6 Å². The molecular weight excluding hydrogens is 540 g/mol. The number of hydrogen-bond acceptors (Lipinski definition) is 4. The van der Waals surface area contributed by atoms with Crippen molar-refractivity contribution in [3.63, 3.8) is 0 Å². The molecule has 0 spiro atoms. The Bertz CT molecular complexity index is 1930. The van der Waals surface area contributed by atoms with Gasteiger partial charge in [-0.2, -0.15) is 0 Å². The molecule has 4 aromatic carbocycles. The molecule has 0 bridgehead atoms. The first-order valence-corrected chi connectivity index (χ1v) is 15.1. The minimum absolute atomic E-state index is 0.00812. The number of primary amides is 1. The molecular formula is C35H30N4O2S. The van der Waals surface area contributed by atoms with Gasteiger partial charge in [0.15, 0.2) is 0 Å². The molecule has 2 N–H and O–H groups in total. The van der Waals surface area contributed by atoms with Gasteiger partial charge >= 0.3 is 0 Å². The summed E-state index contributed by atoms with van der Waals surface area (Å²) in [5.74, 6) is 0.0911. The van der Waals surface area contributed by atoms with Crippen molar-refractivity contribution in [1.29, 1.82) is 0 Å². The number of carbonyl (C=O) groups excluding carboxylic acids is 2. The first-order valence-electron chi connectivity index (χ1n) is 14.3. The van der Waals surface area contributed by atoms with E-state index in [4.69, 9.17) is 5.73 Å². The van der Waals surface area contributed by atoms with Crippen LogP contribution in [0.1, 0.15) is 39.3 Å². The molecule has 0 atom stereocenters. The Morgan fingerprint density at radius 1 is 0.881 bits per heavy atom. The predicted octanol–water partition coefficient (Wildman–Crippen LogP) is 7.10. The summed E-state index contributed by atoms with van der Waals surface area (Å²) in [5, 5.41) is 2.55. The number of likely N-dealkylation sites (tertiary alicyclic amines) is 1. The van der Waals surface area contributed by atoms with Crippen LogP contribution in [0.5, 0.6) is 0 Å². The van der Waals surface area contributed by atoms with Gasteiger partial charge in [0.2, 0.25) is 5.91 Å². The Balaban J connectivity index is 1.09. The van der Waals surface area contributed by atoms with E-state index in [-0.39, 0.29) is 5.91 Å². The van der Waals surface area contributed by atoms with E-state index in [1.807, 2.05) is 45.1 Å². The highest BCUT2D eigenvalue weighted by Crippen LogP contribution is 2.40. The third-order valence-corrected chi connectivity index (χ3v) is 9.58. The number of fused-ring (bicyclic) bond motifs is 3. The zero-order chi connectivity index (χ0) is 28.6. The summed E-state index contributed by atoms with van der Waals surface area (Å²) < 4.78 is 4.45. The van der Waals surface area contributed by atoms with E-state index >= 15 is 0 Å². The molecule has 1 fully saturated rings. The third kappa shape index (κ3) is 4.86. The fraction of sp³-hybridized carbons (Fsp3) is 0.171. The minimum Gasteiger partial charge on any atom is -0.366 e. The van der Waals surface area contributed by atoms with Crippen molar-refractivity contribution in [3.8, 4) is 16.8 Å². The van der Waals surface area contributed by atoms with Crippen molar-refractivity contribution in [1.82, 2.24) is 14.5 Å². The Labute approximate surface area is 248 Å². The summed E-state index contributed by atoms with van der Waals surface area (Å²) in [5.41, 5.74) is 10.9. The lowest BCUT2D eigenvalue weighted by atomic mass is 9.90. The number of nitrogens with two attached hydrogens (primary N) is 1. The maximum absolute atomic E-state index is 13.7. The zero-order valence-corrected chi connectivity index (χ0v) is 23.9. The Morgan fingerprint density at radius 2 is 1.64 bits per heavy atom. The van der Waals surface area contributed by atoms with Gasteiger partial charge in [-0.05, 0) is 72.2 Å². The van der Waals surface area contributed by atoms with Gasteiger partial charge in [-0.1, -0.05) is 60.7 Å². The number of amides is 2. The van der Waals surface area contributed by atoms with Crippen LogP contribution < -0.4 is 5.73 Å². The van der Waals surface area contributed by atoms with Gasteiger partial charge in [-0.3, -0.25) is 14.2 Å². The predicted molar refractivity (Wildman–Crippen MR) is 169 cm³/mol. The number of aromatic nitrogens is 2. The molecule has 42 heavy (non-hydrogen) atoms. The van der Waals surface area contributed by atoms with Crippen LogP contribution in [-0.4, -0.2) is 39.4 Å². The first-order chi connectivity index (χ1) is 20.5. The molecule has 1 aliphatic rings. The molecule has 7 heteroatoms. The maximum Gasteiger partial charge on any atom is 0.272 e. The van der Waals surface area contributed by atoms with Gasteiger partial charge in [0.25, 0.3) is 5.91 Å². The van der Waals surface area contributed by atoms with Crippen LogP contribution in [0.15, 0.2) is 104 Å². The molecule has 6 aromatic rings. The Morgan fingerprint density at radius 3 is 2.45 bits per heavy atom. The Hall–Kier alpha value is -4.75. The molecule has 2 amide bonds. The van der Waals surface area contributed by atoms with Crippen LogP contribution >= 0.6 is 11.3 Å². The lowest BCUT2D eigenvalue weighted by Gasteiger charge is -2.32. The van der Waals surface area contributed by atoms with Crippen molar-refractivity contribution in [2.75, 3.05) is 13.1 Å². The average molecular weight is 571 g/mol. The van der Waals surface area contributed by atoms with Crippen LogP contribution in [0.2, 0.25) is 0 Å². The van der Waals surface area contributed by atoms with E-state index in [1.54, 1.807) is 24.7 Å². The molecule has 1 saturated heterocycles. The molecule has 0 radical (unpaired) electrons. The van der Waals surface area contributed by atoms with Crippen LogP contribution in [0.3, 0.4) is 0 Å². The van der Waals surface area contributed by atoms with Crippen LogP contribution in [0.4, 0.5) is 0 Å². The number of hydrogen-bond donors (Lipinski definition) is 1. The summed E-state index contributed by atoms with van der Waals surface area (Å²) in [6, 6.07) is 30.9. The molecule has 2 aromatic heterocycles. The second-order valence-corrected chi connectivity index (χ2v) is 12.0. The number of imidazole rings is 1. The van der Waals surface area contributed by atoms with Crippen LogP contribution in [-0.2, 0) is 6.42 Å². The van der Waals surface area contributed by atoms with Crippen molar-refractivity contribution < 1.29 is 9.59 Å². The van der Waals surface area contributed by atoms with Crippen LogP contribution in [0.25, 0.3) is 37.0 Å². The average Bonchev–Trinajstić information content (AvgIpc) is 3.67. The second kappa shape index (κ2) is 10.9. The first kappa shape index (κ1) is 26.2. The number of carbonyl (C=O) groups is 2. The van der Waals surface area contributed by atoms with Gasteiger partial charge in [0, 0.05) is 44.5 Å². The monoisotopic (exact) mass is 570 g/mol. The normalized spacial score (nSPS) is 14.0. The van der Waals surface area contributed by atoms with Crippen molar-refractivity contribution >= 4 is 43.3 Å². The largest absolute Gasteiger partial charge is 0.366 e. The molecule has 0 unspecified atom stereocenters. The lowest BCUT2D eigenvalue weighted by molar-refractivity contribution is 0.0682. The molecule has 3 heterocycles. The number of nitrogens with zero attached hydrogens (tertiary/aromatic N) is 3. The summed E-state index contributed by atoms with van der Waals surface area (Å²) in [6.45, 7) is 1.42. The standard InChI is InChI=1S/C35H30N4O2S/c36-34(40)25-13-11-23(12-14-25)19-24-15-17-38(18-16-24)35(41)31-21-37-22-39(31)27-6-3-5-26(20-27)28-8-4-9-30-29-7-1-2-10-32(29)42-33(28)30/h1-14,20-22,24H,15-19H2,(H2,36,40). The molecule has 0 saturated carbocycles. The van der Waals surface area contributed by atoms with Crippen molar-refractivity contribution in [2.45, 2.75) is 19.3 Å². The van der Waals surface area contributed by atoms with Gasteiger partial charge < -0.3 is 10.6 Å². The quantitative estimate of drug-likeness (QED) is 0.232. The van der Waals surface area contributed by atoms with E-state index in [0.29, 0.717) is 30.3 Å². The van der Waals surface area contributed by atoms with E-state index < -0.39 is 5.91 Å². The minimum atomic E-state index is -0.409. The summed E-state index contributed by atoms with van der Waals surface area (Å²) >= 11 is 1.82. The zero-order valence-electron chi connectivity index (χ0n) is 23.1. The van der Waals surface area contributed by atoms with Crippen LogP contribution in [0, 0.1) is 5.92 Å². The van der Waals surface area contributed by atoms with Crippen molar-refractivity contribution in [3.05, 3.63) is 120 Å². The van der Waals surface area contributed by atoms with Gasteiger partial charge in [0.1, 0.15) is 5.69 Å². The topological polar surface area (TPSA) is 81.2 Å². The third-order valence-electron chi connectivity index (χ3n) is 8.36. The molecule has 208 valence electrons. The van der Waals surface area contributed by atoms with Gasteiger partial charge in [-0.25, -0.2) is 4.98 Å². The maximum atomic E-state index is 13.7. The molecule has 6 nitrogen and oxygen atoms in total. The fourth-order valence-electron chi connectivity index (χ4n) is 6.10. The molecule has 7 rings (SSSR count). The smallest absolute Gasteiger partial charge is 0.272 e. The highest BCUT2D eigenvalue weighted by Gasteiger charge is 2.26. The molecule has 1 aliphatic heterocycles. The highest BCUT2D eigenvalue weighted by atomic mass is 32.1. The SMILES string of the molecule is NC(=O)c1ccc(CC2CCN(C(=O)c3cncn3-c3cccc(-c4cccc5c4sc4ccccc45)c3)CC2)cc1. The van der Waals surface area contributed by atoms with Gasteiger partial charge in [0.05, 0.1) is 12.5 Å². The van der Waals surface area contributed by atoms with E-state index in [0.717, 1.165) is 30.5 Å². The summed E-state index contributed by atoms with van der Waals surface area (Å²) in [7, 11) is 0. The summed E-state index contributed by atoms with van der Waals surface area (Å²) in [4.78, 5) is 31.3. The number of piperidine rings is 1. The lowest BCUT2D eigenvalue weighted by Crippen LogP contribution is -2.39. The van der Waals surface area contributed by atoms with Crippen molar-refractivity contribution in [2.24, 2.45) is 11.7 Å². The van der Waals surface area contributed by atoms with E-state index in [9.17, 15) is 9.59 Å². The number of benzene rings is 4. The number of thiophene rings is 1. The number of rotatable bonds is 6. The summed E-state index contributed by atoms with van der Waals surface area (Å²) in [6.07, 6.45) is 6.21. The van der Waals surface area contributed by atoms with E-state index in [1.165, 1.54) is 31.3 Å². The molecule has 0 aliphatic carbocycles. The highest BCUT2D eigenvalue weighted by molar-refractivity contribution is 7.26. The fourth-order valence-corrected chi connectivity index (χ4v) is 7.34. The van der Waals surface area contributed by atoms with Gasteiger partial charge in [-0.15, -0.1) is 11.3 Å². The second-order valence-electron chi connectivity index (χ2n) is 11.0.